The minimum absolute atomic E-state index is 0.118. The van der Waals surface area contributed by atoms with Gasteiger partial charge in [-0.3, -0.25) is 9.10 Å². The first-order valence-corrected chi connectivity index (χ1v) is 12.9. The van der Waals surface area contributed by atoms with Gasteiger partial charge in [-0.1, -0.05) is 6.07 Å². The fraction of sp³-hybridized carbons (Fsp3) is 0.350. The van der Waals surface area contributed by atoms with Gasteiger partial charge in [0.15, 0.2) is 9.84 Å². The van der Waals surface area contributed by atoms with Gasteiger partial charge in [-0.2, -0.15) is 0 Å². The zero-order chi connectivity index (χ0) is 20.8. The van der Waals surface area contributed by atoms with Gasteiger partial charge in [0.2, 0.25) is 10.0 Å². The van der Waals surface area contributed by atoms with Crippen LogP contribution >= 0.6 is 0 Å². The van der Waals surface area contributed by atoms with E-state index in [-0.39, 0.29) is 16.6 Å². The van der Waals surface area contributed by atoms with Crippen LogP contribution in [0.15, 0.2) is 47.4 Å². The van der Waals surface area contributed by atoms with Crippen molar-refractivity contribution in [3.63, 3.8) is 0 Å². The van der Waals surface area contributed by atoms with Crippen molar-refractivity contribution >= 4 is 37.1 Å². The molecule has 1 saturated heterocycles. The van der Waals surface area contributed by atoms with Gasteiger partial charge in [-0.05, 0) is 61.2 Å². The summed E-state index contributed by atoms with van der Waals surface area (Å²) in [5, 5.41) is 0. The van der Waals surface area contributed by atoms with E-state index >= 15 is 0 Å². The highest BCUT2D eigenvalue weighted by Crippen LogP contribution is 2.32. The third-order valence-corrected chi connectivity index (χ3v) is 8.30. The van der Waals surface area contributed by atoms with Crippen molar-refractivity contribution in [2.24, 2.45) is 0 Å². The van der Waals surface area contributed by atoms with Crippen molar-refractivity contribution in [3.05, 3.63) is 53.6 Å². The van der Waals surface area contributed by atoms with Crippen LogP contribution in [0.2, 0.25) is 0 Å². The molecule has 0 radical (unpaired) electrons. The second-order valence-electron chi connectivity index (χ2n) is 7.42. The number of hydrogen-bond donors (Lipinski definition) is 0. The average Bonchev–Trinajstić information content (AvgIpc) is 3.05. The maximum Gasteiger partial charge on any atom is 0.258 e. The third-order valence-electron chi connectivity index (χ3n) is 5.32. The minimum Gasteiger partial charge on any atom is -0.308 e. The zero-order valence-electron chi connectivity index (χ0n) is 16.0. The summed E-state index contributed by atoms with van der Waals surface area (Å²) >= 11 is 0. The lowest BCUT2D eigenvalue weighted by molar-refractivity contribution is 0.0985. The molecule has 0 unspecified atom stereocenters. The van der Waals surface area contributed by atoms with Gasteiger partial charge in [0.05, 0.1) is 16.3 Å². The summed E-state index contributed by atoms with van der Waals surface area (Å²) < 4.78 is 49.4. The maximum atomic E-state index is 13.2. The number of hydrogen-bond acceptors (Lipinski definition) is 5. The van der Waals surface area contributed by atoms with E-state index in [0.717, 1.165) is 12.0 Å². The SMILES string of the molecule is CS(=O)(=O)c1ccc2c(c1)CCCN2C(=O)c1cccc(N2CCCS2(=O)=O)c1. The van der Waals surface area contributed by atoms with Crippen LogP contribution in [0.5, 0.6) is 0 Å². The van der Waals surface area contributed by atoms with Crippen LogP contribution in [0.1, 0.15) is 28.8 Å². The Bertz CT molecular complexity index is 1190. The maximum absolute atomic E-state index is 13.2. The Morgan fingerprint density at radius 2 is 1.83 bits per heavy atom. The van der Waals surface area contributed by atoms with Crippen LogP contribution in [0, 0.1) is 0 Å². The molecule has 1 amide bonds. The Labute approximate surface area is 170 Å². The quantitative estimate of drug-likeness (QED) is 0.739. The lowest BCUT2D eigenvalue weighted by Crippen LogP contribution is -2.35. The predicted molar refractivity (Wildman–Crippen MR) is 112 cm³/mol. The molecule has 2 aliphatic rings. The average molecular weight is 435 g/mol. The minimum atomic E-state index is -3.32. The number of amides is 1. The standard InChI is InChI=1S/C20H22N2O5S2/c1-28(24,25)18-8-9-19-15(14-18)6-3-10-21(19)20(23)16-5-2-7-17(13-16)22-11-4-12-29(22,26)27/h2,5,7-9,13-14H,3-4,6,10-12H2,1H3. The van der Waals surface area contributed by atoms with Crippen molar-refractivity contribution in [1.29, 1.82) is 0 Å². The fourth-order valence-electron chi connectivity index (χ4n) is 3.89. The highest BCUT2D eigenvalue weighted by Gasteiger charge is 2.30. The van der Waals surface area contributed by atoms with Gasteiger partial charge >= 0.3 is 0 Å². The Morgan fingerprint density at radius 3 is 2.52 bits per heavy atom. The largest absolute Gasteiger partial charge is 0.308 e. The van der Waals surface area contributed by atoms with Crippen molar-refractivity contribution in [2.45, 2.75) is 24.2 Å². The molecule has 0 N–H and O–H groups in total. The molecule has 1 fully saturated rings. The van der Waals surface area contributed by atoms with Gasteiger partial charge < -0.3 is 4.90 Å². The molecule has 154 valence electrons. The van der Waals surface area contributed by atoms with E-state index in [1.54, 1.807) is 41.3 Å². The number of nitrogens with zero attached hydrogens (tertiary/aromatic N) is 2. The topological polar surface area (TPSA) is 91.8 Å². The van der Waals surface area contributed by atoms with Gasteiger partial charge in [-0.25, -0.2) is 16.8 Å². The molecule has 0 saturated carbocycles. The summed E-state index contributed by atoms with van der Waals surface area (Å²) in [4.78, 5) is 15.1. The Balaban J connectivity index is 1.68. The number of sulfone groups is 1. The van der Waals surface area contributed by atoms with E-state index in [1.165, 1.54) is 16.6 Å². The summed E-state index contributed by atoms with van der Waals surface area (Å²) in [6, 6.07) is 11.5. The van der Waals surface area contributed by atoms with Crippen LogP contribution < -0.4 is 9.21 Å². The molecule has 2 aromatic carbocycles. The normalized spacial score (nSPS) is 18.5. The van der Waals surface area contributed by atoms with Gasteiger partial charge in [0, 0.05) is 30.6 Å². The molecule has 0 aliphatic carbocycles. The second kappa shape index (κ2) is 7.14. The number of benzene rings is 2. The molecular weight excluding hydrogens is 412 g/mol. The molecule has 2 heterocycles. The first-order chi connectivity index (χ1) is 13.7. The highest BCUT2D eigenvalue weighted by atomic mass is 32.2. The monoisotopic (exact) mass is 434 g/mol. The van der Waals surface area contributed by atoms with E-state index < -0.39 is 19.9 Å². The Hall–Kier alpha value is -2.39. The van der Waals surface area contributed by atoms with E-state index in [1.807, 2.05) is 0 Å². The van der Waals surface area contributed by atoms with E-state index in [9.17, 15) is 21.6 Å². The number of fused-ring (bicyclic) bond motifs is 1. The van der Waals surface area contributed by atoms with Crippen LogP contribution in [-0.4, -0.2) is 47.8 Å². The molecule has 7 nitrogen and oxygen atoms in total. The first kappa shape index (κ1) is 19.9. The van der Waals surface area contributed by atoms with Crippen LogP contribution in [0.4, 0.5) is 11.4 Å². The Morgan fingerprint density at radius 1 is 1.03 bits per heavy atom. The number of anilines is 2. The molecule has 2 aromatic rings. The molecule has 29 heavy (non-hydrogen) atoms. The van der Waals surface area contributed by atoms with Crippen LogP contribution in [-0.2, 0) is 26.3 Å². The lowest BCUT2D eigenvalue weighted by atomic mass is 10.0. The van der Waals surface area contributed by atoms with Crippen LogP contribution in [0.3, 0.4) is 0 Å². The zero-order valence-corrected chi connectivity index (χ0v) is 17.7. The van der Waals surface area contributed by atoms with Crippen LogP contribution in [0.25, 0.3) is 0 Å². The first-order valence-electron chi connectivity index (χ1n) is 9.42. The number of carbonyl (C=O) groups is 1. The second-order valence-corrected chi connectivity index (χ2v) is 11.4. The predicted octanol–water partition coefficient (Wildman–Crippen LogP) is 2.22. The summed E-state index contributed by atoms with van der Waals surface area (Å²) in [5.41, 5.74) is 2.43. The molecule has 0 spiro atoms. The lowest BCUT2D eigenvalue weighted by Gasteiger charge is -2.30. The molecule has 2 aliphatic heterocycles. The van der Waals surface area contributed by atoms with Crippen molar-refractivity contribution in [3.8, 4) is 0 Å². The van der Waals surface area contributed by atoms with Gasteiger partial charge in [0.1, 0.15) is 0 Å². The molecule has 0 atom stereocenters. The smallest absolute Gasteiger partial charge is 0.258 e. The summed E-state index contributed by atoms with van der Waals surface area (Å²) in [5.74, 6) is -0.107. The highest BCUT2D eigenvalue weighted by molar-refractivity contribution is 7.93. The van der Waals surface area contributed by atoms with Crippen molar-refractivity contribution in [1.82, 2.24) is 0 Å². The van der Waals surface area contributed by atoms with E-state index in [0.29, 0.717) is 42.9 Å². The summed E-state index contributed by atoms with van der Waals surface area (Å²) in [6.45, 7) is 0.942. The summed E-state index contributed by atoms with van der Waals surface area (Å²) in [6.07, 6.45) is 3.17. The summed E-state index contributed by atoms with van der Waals surface area (Å²) in [7, 11) is -6.64. The van der Waals surface area contributed by atoms with Crippen molar-refractivity contribution < 1.29 is 21.6 Å². The number of carbonyl (C=O) groups excluding carboxylic acids is 1. The van der Waals surface area contributed by atoms with Crippen molar-refractivity contribution in [2.75, 3.05) is 34.3 Å². The molecule has 0 bridgehead atoms. The molecular formula is C20H22N2O5S2. The third kappa shape index (κ3) is 3.76. The Kier molecular flexibility index (Phi) is 4.90. The van der Waals surface area contributed by atoms with E-state index in [2.05, 4.69) is 0 Å². The fourth-order valence-corrected chi connectivity index (χ4v) is 6.12. The molecule has 9 heteroatoms. The van der Waals surface area contributed by atoms with E-state index in [4.69, 9.17) is 0 Å². The number of aryl methyl sites for hydroxylation is 1. The molecule has 0 aromatic heterocycles. The molecule has 4 rings (SSSR count). The van der Waals surface area contributed by atoms with Gasteiger partial charge in [-0.15, -0.1) is 0 Å². The number of sulfonamides is 1. The van der Waals surface area contributed by atoms with Gasteiger partial charge in [0.25, 0.3) is 5.91 Å². The number of rotatable bonds is 3.